The van der Waals surface area contributed by atoms with Crippen LogP contribution in [0.5, 0.6) is 0 Å². The number of rotatable bonds is 6. The Hall–Kier alpha value is -1.06. The summed E-state index contributed by atoms with van der Waals surface area (Å²) in [5.74, 6) is 0. The standard InChI is InChI=1S/C14H25N3/c1-12-10-14(7-6-13(12)11-15)17(4)9-5-8-16(2)3/h6-7,10H,5,8-9,11,15H2,1-4H3. The van der Waals surface area contributed by atoms with Crippen molar-refractivity contribution >= 4 is 5.69 Å². The third-order valence-corrected chi connectivity index (χ3v) is 3.09. The van der Waals surface area contributed by atoms with Gasteiger partial charge in [0.1, 0.15) is 0 Å². The second kappa shape index (κ2) is 6.62. The van der Waals surface area contributed by atoms with Crippen molar-refractivity contribution in [1.29, 1.82) is 0 Å². The fourth-order valence-electron chi connectivity index (χ4n) is 1.90. The van der Waals surface area contributed by atoms with Gasteiger partial charge in [-0.25, -0.2) is 0 Å². The first-order valence-corrected chi connectivity index (χ1v) is 6.20. The summed E-state index contributed by atoms with van der Waals surface area (Å²) in [5.41, 5.74) is 9.46. The molecule has 3 nitrogen and oxygen atoms in total. The van der Waals surface area contributed by atoms with Crippen LogP contribution in [0.15, 0.2) is 18.2 Å². The highest BCUT2D eigenvalue weighted by molar-refractivity contribution is 5.50. The van der Waals surface area contributed by atoms with E-state index < -0.39 is 0 Å². The van der Waals surface area contributed by atoms with E-state index in [4.69, 9.17) is 5.73 Å². The topological polar surface area (TPSA) is 32.5 Å². The van der Waals surface area contributed by atoms with Gasteiger partial charge in [0.05, 0.1) is 0 Å². The lowest BCUT2D eigenvalue weighted by atomic mass is 10.1. The van der Waals surface area contributed by atoms with Crippen molar-refractivity contribution in [3.05, 3.63) is 29.3 Å². The SMILES string of the molecule is Cc1cc(N(C)CCCN(C)C)ccc1CN. The average molecular weight is 235 g/mol. The number of anilines is 1. The van der Waals surface area contributed by atoms with Crippen molar-refractivity contribution in [3.8, 4) is 0 Å². The van der Waals surface area contributed by atoms with E-state index in [0.717, 1.165) is 13.1 Å². The van der Waals surface area contributed by atoms with E-state index in [1.165, 1.54) is 23.2 Å². The summed E-state index contributed by atoms with van der Waals surface area (Å²) in [5, 5.41) is 0. The summed E-state index contributed by atoms with van der Waals surface area (Å²) in [6.07, 6.45) is 1.18. The van der Waals surface area contributed by atoms with Crippen LogP contribution in [-0.2, 0) is 6.54 Å². The number of benzene rings is 1. The third-order valence-electron chi connectivity index (χ3n) is 3.09. The molecule has 0 fully saturated rings. The fourth-order valence-corrected chi connectivity index (χ4v) is 1.90. The first-order valence-electron chi connectivity index (χ1n) is 6.20. The Morgan fingerprint density at radius 1 is 1.12 bits per heavy atom. The summed E-state index contributed by atoms with van der Waals surface area (Å²) >= 11 is 0. The maximum absolute atomic E-state index is 5.67. The van der Waals surface area contributed by atoms with Gasteiger partial charge >= 0.3 is 0 Å². The minimum Gasteiger partial charge on any atom is -0.375 e. The zero-order valence-corrected chi connectivity index (χ0v) is 11.5. The molecule has 0 unspecified atom stereocenters. The molecule has 0 spiro atoms. The minimum absolute atomic E-state index is 0.621. The number of nitrogens with two attached hydrogens (primary N) is 1. The summed E-state index contributed by atoms with van der Waals surface area (Å²) in [4.78, 5) is 4.52. The van der Waals surface area contributed by atoms with Gasteiger partial charge in [-0.2, -0.15) is 0 Å². The van der Waals surface area contributed by atoms with E-state index >= 15 is 0 Å². The van der Waals surface area contributed by atoms with Gasteiger partial charge in [0.15, 0.2) is 0 Å². The predicted octanol–water partition coefficient (Wildman–Crippen LogP) is 1.84. The summed E-state index contributed by atoms with van der Waals surface area (Å²) < 4.78 is 0. The highest BCUT2D eigenvalue weighted by Crippen LogP contribution is 2.18. The third kappa shape index (κ3) is 4.36. The molecule has 3 heteroatoms. The molecular formula is C14H25N3. The van der Waals surface area contributed by atoms with Gasteiger partial charge in [0.25, 0.3) is 0 Å². The van der Waals surface area contributed by atoms with Crippen LogP contribution in [0.2, 0.25) is 0 Å². The molecule has 0 atom stereocenters. The smallest absolute Gasteiger partial charge is 0.0366 e. The Bertz CT molecular complexity index is 347. The molecule has 1 aromatic carbocycles. The second-order valence-electron chi connectivity index (χ2n) is 4.89. The van der Waals surface area contributed by atoms with E-state index in [1.54, 1.807) is 0 Å². The molecule has 2 N–H and O–H groups in total. The molecule has 0 aliphatic carbocycles. The summed E-state index contributed by atoms with van der Waals surface area (Å²) in [6.45, 7) is 4.96. The van der Waals surface area contributed by atoms with Gasteiger partial charge in [-0.05, 0) is 57.2 Å². The van der Waals surface area contributed by atoms with Crippen LogP contribution < -0.4 is 10.6 Å². The lowest BCUT2D eigenvalue weighted by Crippen LogP contribution is -2.23. The molecule has 1 aromatic rings. The van der Waals surface area contributed by atoms with Crippen LogP contribution in [0, 0.1) is 6.92 Å². The van der Waals surface area contributed by atoms with Crippen LogP contribution >= 0.6 is 0 Å². The summed E-state index contributed by atoms with van der Waals surface area (Å²) in [7, 11) is 6.37. The lowest BCUT2D eigenvalue weighted by Gasteiger charge is -2.21. The minimum atomic E-state index is 0.621. The first kappa shape index (κ1) is 14.0. The second-order valence-corrected chi connectivity index (χ2v) is 4.89. The van der Waals surface area contributed by atoms with Crippen LogP contribution in [0.4, 0.5) is 5.69 Å². The Labute approximate surface area is 105 Å². The maximum Gasteiger partial charge on any atom is 0.0366 e. The van der Waals surface area contributed by atoms with Crippen LogP contribution in [0.25, 0.3) is 0 Å². The normalized spacial score (nSPS) is 10.9. The van der Waals surface area contributed by atoms with Crippen molar-refractivity contribution in [1.82, 2.24) is 4.90 Å². The van der Waals surface area contributed by atoms with Crippen LogP contribution in [0.3, 0.4) is 0 Å². The monoisotopic (exact) mass is 235 g/mol. The highest BCUT2D eigenvalue weighted by Gasteiger charge is 2.03. The number of aryl methyl sites for hydroxylation is 1. The highest BCUT2D eigenvalue weighted by atomic mass is 15.1. The Kier molecular flexibility index (Phi) is 5.45. The molecule has 0 saturated heterocycles. The average Bonchev–Trinajstić information content (AvgIpc) is 2.28. The first-order chi connectivity index (χ1) is 8.04. The predicted molar refractivity (Wildman–Crippen MR) is 75.5 cm³/mol. The van der Waals surface area contributed by atoms with E-state index in [9.17, 15) is 0 Å². The maximum atomic E-state index is 5.67. The van der Waals surface area contributed by atoms with E-state index in [2.05, 4.69) is 56.1 Å². The Balaban J connectivity index is 2.57. The molecule has 0 radical (unpaired) electrons. The zero-order valence-electron chi connectivity index (χ0n) is 11.5. The van der Waals surface area contributed by atoms with Gasteiger partial charge in [-0.1, -0.05) is 6.07 Å². The molecule has 0 bridgehead atoms. The molecular weight excluding hydrogens is 210 g/mol. The van der Waals surface area contributed by atoms with E-state index in [0.29, 0.717) is 6.54 Å². The van der Waals surface area contributed by atoms with Gasteiger partial charge in [0, 0.05) is 25.8 Å². The van der Waals surface area contributed by atoms with Crippen molar-refractivity contribution in [2.75, 3.05) is 39.1 Å². The molecule has 0 aromatic heterocycles. The fraction of sp³-hybridized carbons (Fsp3) is 0.571. The van der Waals surface area contributed by atoms with Crippen LogP contribution in [0.1, 0.15) is 17.5 Å². The Morgan fingerprint density at radius 3 is 2.35 bits per heavy atom. The quantitative estimate of drug-likeness (QED) is 0.816. The number of hydrogen-bond donors (Lipinski definition) is 1. The summed E-state index contributed by atoms with van der Waals surface area (Å²) in [6, 6.07) is 6.51. The largest absolute Gasteiger partial charge is 0.375 e. The number of hydrogen-bond acceptors (Lipinski definition) is 3. The van der Waals surface area contributed by atoms with Crippen molar-refractivity contribution < 1.29 is 0 Å². The molecule has 1 rings (SSSR count). The Morgan fingerprint density at radius 2 is 1.82 bits per heavy atom. The molecule has 0 amide bonds. The molecule has 0 saturated carbocycles. The van der Waals surface area contributed by atoms with Crippen molar-refractivity contribution in [2.45, 2.75) is 19.9 Å². The zero-order chi connectivity index (χ0) is 12.8. The lowest BCUT2D eigenvalue weighted by molar-refractivity contribution is 0.401. The van der Waals surface area contributed by atoms with Gasteiger partial charge in [-0.3, -0.25) is 0 Å². The van der Waals surface area contributed by atoms with Gasteiger partial charge in [-0.15, -0.1) is 0 Å². The van der Waals surface area contributed by atoms with Crippen LogP contribution in [-0.4, -0.2) is 39.1 Å². The molecule has 0 aliphatic rings. The van der Waals surface area contributed by atoms with Crippen molar-refractivity contribution in [2.24, 2.45) is 5.73 Å². The molecule has 96 valence electrons. The van der Waals surface area contributed by atoms with E-state index in [1.807, 2.05) is 0 Å². The molecule has 0 aliphatic heterocycles. The van der Waals surface area contributed by atoms with Gasteiger partial charge in [0.2, 0.25) is 0 Å². The van der Waals surface area contributed by atoms with Gasteiger partial charge < -0.3 is 15.5 Å². The molecule has 17 heavy (non-hydrogen) atoms. The molecule has 0 heterocycles. The van der Waals surface area contributed by atoms with E-state index in [-0.39, 0.29) is 0 Å². The van der Waals surface area contributed by atoms with Crippen molar-refractivity contribution in [3.63, 3.8) is 0 Å². The number of nitrogens with zero attached hydrogens (tertiary/aromatic N) is 2.